The molecule has 2 N–H and O–H groups in total. The van der Waals surface area contributed by atoms with Crippen LogP contribution in [-0.4, -0.2) is 103 Å². The number of pyridine rings is 2. The number of aromatic nitrogens is 4. The van der Waals surface area contributed by atoms with Crippen LogP contribution >= 0.6 is 11.6 Å². The van der Waals surface area contributed by atoms with Gasteiger partial charge in [0.25, 0.3) is 0 Å². The van der Waals surface area contributed by atoms with Gasteiger partial charge in [-0.15, -0.1) is 0 Å². The molecule has 0 aliphatic carbocycles. The van der Waals surface area contributed by atoms with E-state index in [1.165, 1.54) is 19.2 Å². The van der Waals surface area contributed by atoms with E-state index in [4.69, 9.17) is 40.3 Å². The van der Waals surface area contributed by atoms with Crippen molar-refractivity contribution in [3.8, 4) is 34.5 Å². The van der Waals surface area contributed by atoms with Gasteiger partial charge in [-0.1, -0.05) is 41.9 Å². The lowest BCUT2D eigenvalue weighted by Crippen LogP contribution is -2.46. The van der Waals surface area contributed by atoms with Crippen molar-refractivity contribution < 1.29 is 51.1 Å². The molecule has 2 aliphatic rings. The number of anilines is 3. The highest BCUT2D eigenvalue weighted by atomic mass is 35.5. The van der Waals surface area contributed by atoms with Gasteiger partial charge in [0.1, 0.15) is 47.7 Å². The zero-order chi connectivity index (χ0) is 47.6. The average molecular weight is 947 g/mol. The molecule has 3 aromatic carbocycles. The Hall–Kier alpha value is -6.70. The maximum Gasteiger partial charge on any atom is 0.418 e. The molecule has 1 unspecified atom stereocenters. The number of nitrogens with one attached hydrogen (secondary N) is 1. The van der Waals surface area contributed by atoms with Crippen molar-refractivity contribution in [1.82, 2.24) is 24.8 Å². The SMILES string of the molecule is COc1ccc(CN(Cc2ccc(OC)cc2)c2cc(C)c(C(F)(F)F)c(-c3c(Cl)c4c5c(nc(OCC6COCCN6C)nc5c3F)N([C@H](C)c3cccnc3NC(=O)O)CCO4)n2)cc1. The third-order valence-corrected chi connectivity index (χ3v) is 12.2. The summed E-state index contributed by atoms with van der Waals surface area (Å²) >= 11 is 7.15. The van der Waals surface area contributed by atoms with E-state index in [1.807, 2.05) is 36.2 Å². The van der Waals surface area contributed by atoms with Crippen LogP contribution in [0.5, 0.6) is 23.3 Å². The normalized spacial score (nSPS) is 15.7. The quantitative estimate of drug-likeness (QED) is 0.0997. The second-order valence-corrected chi connectivity index (χ2v) is 16.4. The van der Waals surface area contributed by atoms with Gasteiger partial charge in [-0.2, -0.15) is 23.1 Å². The van der Waals surface area contributed by atoms with E-state index >= 15 is 17.6 Å². The number of carboxylic acid groups (broad SMARTS) is 1. The standard InChI is InChI=1S/C47H47ClF4N8O7/c1-26-21-34(59(22-28-8-12-31(63-4)13-9-28)23-29-10-14-32(64-5)15-11-29)54-40(37(26)47(50,51)52)35-38(48)42-36-41(39(35)49)55-45(67-25-30-24-65-19-17-58(30)3)57-44(36)60(18-20-66-42)27(2)33-7-6-16-53-43(33)56-46(61)62/h6-16,21,27,30H,17-20,22-25H2,1-5H3,(H,53,56)(H,61,62)/t27-,30?/m1/s1. The number of likely N-dealkylation sites (N-methyl/N-ethyl adjacent to an activating group) is 1. The summed E-state index contributed by atoms with van der Waals surface area (Å²) in [5.74, 6) is 0.0483. The smallest absolute Gasteiger partial charge is 0.418 e. The summed E-state index contributed by atoms with van der Waals surface area (Å²) in [7, 11) is 4.99. The van der Waals surface area contributed by atoms with E-state index < -0.39 is 51.5 Å². The molecule has 1 saturated heterocycles. The number of amides is 1. The van der Waals surface area contributed by atoms with E-state index in [0.717, 1.165) is 11.1 Å². The highest BCUT2D eigenvalue weighted by Crippen LogP contribution is 2.51. The first-order valence-electron chi connectivity index (χ1n) is 21.2. The van der Waals surface area contributed by atoms with Gasteiger partial charge < -0.3 is 38.6 Å². The van der Waals surface area contributed by atoms with Crippen molar-refractivity contribution in [2.45, 2.75) is 45.2 Å². The first kappa shape index (κ1) is 46.8. The zero-order valence-corrected chi connectivity index (χ0v) is 37.9. The Kier molecular flexibility index (Phi) is 13.7. The molecular weight excluding hydrogens is 900 g/mol. The molecule has 1 fully saturated rings. The van der Waals surface area contributed by atoms with Crippen LogP contribution in [-0.2, 0) is 24.0 Å². The van der Waals surface area contributed by atoms with Crippen molar-refractivity contribution in [2.24, 2.45) is 0 Å². The van der Waals surface area contributed by atoms with Crippen LogP contribution in [0.2, 0.25) is 5.02 Å². The summed E-state index contributed by atoms with van der Waals surface area (Å²) in [6.45, 7) is 4.89. The average Bonchev–Trinajstić information content (AvgIpc) is 3.50. The van der Waals surface area contributed by atoms with Gasteiger partial charge >= 0.3 is 18.3 Å². The van der Waals surface area contributed by atoms with Gasteiger partial charge in [-0.25, -0.2) is 19.2 Å². The fraction of sp³-hybridized carbons (Fsp3) is 0.340. The summed E-state index contributed by atoms with van der Waals surface area (Å²) in [5.41, 5.74) is -1.34. The summed E-state index contributed by atoms with van der Waals surface area (Å²) in [4.78, 5) is 35.5. The third-order valence-electron chi connectivity index (χ3n) is 11.8. The molecule has 0 radical (unpaired) electrons. The second kappa shape index (κ2) is 19.6. The molecule has 0 saturated carbocycles. The Labute approximate surface area is 388 Å². The molecule has 67 heavy (non-hydrogen) atoms. The Morgan fingerprint density at radius 2 is 1.67 bits per heavy atom. The van der Waals surface area contributed by atoms with E-state index in [0.29, 0.717) is 36.8 Å². The molecule has 5 heterocycles. The van der Waals surface area contributed by atoms with Gasteiger partial charge in [0, 0.05) is 31.4 Å². The lowest BCUT2D eigenvalue weighted by molar-refractivity contribution is -0.137. The molecule has 0 spiro atoms. The highest BCUT2D eigenvalue weighted by molar-refractivity contribution is 6.36. The van der Waals surface area contributed by atoms with Crippen LogP contribution in [0, 0.1) is 12.7 Å². The first-order chi connectivity index (χ1) is 32.1. The number of aryl methyl sites for hydroxylation is 1. The van der Waals surface area contributed by atoms with Gasteiger partial charge in [0.2, 0.25) is 0 Å². The van der Waals surface area contributed by atoms with Crippen LogP contribution in [0.4, 0.5) is 39.8 Å². The molecule has 6 aromatic rings. The van der Waals surface area contributed by atoms with E-state index in [1.54, 1.807) is 67.3 Å². The fourth-order valence-corrected chi connectivity index (χ4v) is 8.59. The number of hydrogen-bond acceptors (Lipinski definition) is 13. The maximum atomic E-state index is 18.0. The van der Waals surface area contributed by atoms with Crippen molar-refractivity contribution in [1.29, 1.82) is 0 Å². The van der Waals surface area contributed by atoms with Crippen molar-refractivity contribution in [2.75, 3.05) is 75.9 Å². The minimum absolute atomic E-state index is 0.0248. The minimum Gasteiger partial charge on any atom is -0.497 e. The van der Waals surface area contributed by atoms with Gasteiger partial charge in [0.05, 0.1) is 73.3 Å². The number of benzene rings is 3. The fourth-order valence-electron chi connectivity index (χ4n) is 8.27. The molecule has 20 heteroatoms. The van der Waals surface area contributed by atoms with E-state index in [2.05, 4.69) is 20.3 Å². The van der Waals surface area contributed by atoms with Crippen molar-refractivity contribution >= 4 is 46.1 Å². The van der Waals surface area contributed by atoms with Crippen LogP contribution in [0.25, 0.3) is 22.2 Å². The Morgan fingerprint density at radius 1 is 1.00 bits per heavy atom. The molecule has 0 bridgehead atoms. The lowest BCUT2D eigenvalue weighted by atomic mass is 9.98. The lowest BCUT2D eigenvalue weighted by Gasteiger charge is -2.32. The highest BCUT2D eigenvalue weighted by Gasteiger charge is 2.41. The monoisotopic (exact) mass is 946 g/mol. The topological polar surface area (TPSA) is 157 Å². The molecule has 2 aliphatic heterocycles. The number of nitrogens with zero attached hydrogens (tertiary/aromatic N) is 7. The summed E-state index contributed by atoms with van der Waals surface area (Å²) < 4.78 is 93.2. The van der Waals surface area contributed by atoms with E-state index in [-0.39, 0.29) is 79.1 Å². The summed E-state index contributed by atoms with van der Waals surface area (Å²) in [6, 6.07) is 17.8. The Morgan fingerprint density at radius 3 is 2.28 bits per heavy atom. The van der Waals surface area contributed by atoms with E-state index in [9.17, 15) is 9.90 Å². The number of rotatable bonds is 14. The molecular formula is C47H47ClF4N8O7. The summed E-state index contributed by atoms with van der Waals surface area (Å²) in [5, 5.41) is 11.4. The van der Waals surface area contributed by atoms with Crippen LogP contribution in [0.3, 0.4) is 0 Å². The van der Waals surface area contributed by atoms with Crippen molar-refractivity contribution in [3.63, 3.8) is 0 Å². The molecule has 352 valence electrons. The summed E-state index contributed by atoms with van der Waals surface area (Å²) in [6.07, 6.45) is -4.94. The predicted octanol–water partition coefficient (Wildman–Crippen LogP) is 9.19. The number of methoxy groups -OCH3 is 2. The number of halogens is 5. The van der Waals surface area contributed by atoms with Gasteiger partial charge in [-0.3, -0.25) is 10.2 Å². The van der Waals surface area contributed by atoms with Crippen molar-refractivity contribution in [3.05, 3.63) is 112 Å². The molecule has 3 aromatic heterocycles. The number of carbonyl (C=O) groups is 1. The Bertz CT molecular complexity index is 2720. The minimum atomic E-state index is -5.03. The second-order valence-electron chi connectivity index (χ2n) is 16.1. The molecule has 2 atom stereocenters. The molecule has 15 nitrogen and oxygen atoms in total. The predicted molar refractivity (Wildman–Crippen MR) is 243 cm³/mol. The number of alkyl halides is 3. The number of morpholine rings is 1. The first-order valence-corrected chi connectivity index (χ1v) is 21.6. The molecule has 1 amide bonds. The van der Waals surface area contributed by atoms with Crippen LogP contribution in [0.15, 0.2) is 72.9 Å². The zero-order valence-electron chi connectivity index (χ0n) is 37.2. The van der Waals surface area contributed by atoms with Crippen LogP contribution < -0.4 is 34.1 Å². The largest absolute Gasteiger partial charge is 0.497 e. The maximum absolute atomic E-state index is 18.0. The molecule has 8 rings (SSSR count). The number of hydrogen-bond donors (Lipinski definition) is 2. The van der Waals surface area contributed by atoms with Gasteiger partial charge in [0.15, 0.2) is 11.6 Å². The third kappa shape index (κ3) is 9.89. The number of ether oxygens (including phenoxy) is 5. The van der Waals surface area contributed by atoms with Crippen LogP contribution in [0.1, 0.15) is 40.8 Å². The van der Waals surface area contributed by atoms with Gasteiger partial charge in [-0.05, 0) is 74.0 Å². The Balaban J connectivity index is 1.33.